The molecule has 2 aromatic rings. The molecule has 2 atom stereocenters. The van der Waals surface area contributed by atoms with E-state index in [1.54, 1.807) is 6.92 Å². The highest BCUT2D eigenvalue weighted by Gasteiger charge is 2.48. The summed E-state index contributed by atoms with van der Waals surface area (Å²) in [6.07, 6.45) is 5.45. The van der Waals surface area contributed by atoms with E-state index in [4.69, 9.17) is 0 Å². The SMILES string of the molecule is C[C@@H](NC(=O)c1cncc(-c2cc(F)cc(F)c2)c1N1CCC2(CCCN2)C1)C1CC(F)(F)C1. The second-order valence-electron chi connectivity index (χ2n) is 10.0. The van der Waals surface area contributed by atoms with E-state index in [1.807, 2.05) is 0 Å². The van der Waals surface area contributed by atoms with Crippen LogP contribution in [0.3, 0.4) is 0 Å². The molecule has 34 heavy (non-hydrogen) atoms. The Labute approximate surface area is 195 Å². The Morgan fingerprint density at radius 3 is 2.56 bits per heavy atom. The van der Waals surface area contributed by atoms with Crippen LogP contribution in [0.2, 0.25) is 0 Å². The molecular weight excluding hydrogens is 448 g/mol. The lowest BCUT2D eigenvalue weighted by Gasteiger charge is -2.39. The standard InChI is InChI=1S/C25H28F4N4O/c1-15(17-10-25(28,29)11-17)32-23(34)21-13-30-12-20(16-7-18(26)9-19(27)8-16)22(21)33-6-4-24(14-33)3-2-5-31-24/h7-9,12-13,15,17,31H,2-6,10-11,14H2,1H3,(H,32,34)/t15-,24?/m1/s1. The summed E-state index contributed by atoms with van der Waals surface area (Å²) in [7, 11) is 0. The Morgan fingerprint density at radius 1 is 1.18 bits per heavy atom. The normalized spacial score (nSPS) is 24.9. The van der Waals surface area contributed by atoms with E-state index in [1.165, 1.54) is 24.5 Å². The van der Waals surface area contributed by atoms with E-state index < -0.39 is 29.5 Å². The summed E-state index contributed by atoms with van der Waals surface area (Å²) in [5.74, 6) is -4.83. The van der Waals surface area contributed by atoms with Gasteiger partial charge in [0, 0.05) is 61.5 Å². The van der Waals surface area contributed by atoms with E-state index in [-0.39, 0.29) is 29.9 Å². The lowest BCUT2D eigenvalue weighted by molar-refractivity contribution is -0.117. The largest absolute Gasteiger partial charge is 0.368 e. The summed E-state index contributed by atoms with van der Waals surface area (Å²) in [6.45, 7) is 3.99. The molecular formula is C25H28F4N4O. The maximum atomic E-state index is 14.1. The van der Waals surface area contributed by atoms with Crippen LogP contribution in [-0.2, 0) is 0 Å². The number of nitrogens with one attached hydrogen (secondary N) is 2. The van der Waals surface area contributed by atoms with E-state index in [9.17, 15) is 22.4 Å². The van der Waals surface area contributed by atoms with Gasteiger partial charge in [0.05, 0.1) is 11.3 Å². The first kappa shape index (κ1) is 23.1. The molecule has 1 aromatic carbocycles. The molecule has 1 aliphatic carbocycles. The van der Waals surface area contributed by atoms with E-state index >= 15 is 0 Å². The first-order valence-corrected chi connectivity index (χ1v) is 11.8. The van der Waals surface area contributed by atoms with E-state index in [0.717, 1.165) is 31.9 Å². The van der Waals surface area contributed by atoms with Crippen molar-refractivity contribution in [3.05, 3.63) is 47.8 Å². The third-order valence-electron chi connectivity index (χ3n) is 7.53. The molecule has 2 aliphatic heterocycles. The zero-order chi connectivity index (χ0) is 24.1. The fraction of sp³-hybridized carbons (Fsp3) is 0.520. The Kier molecular flexibility index (Phi) is 5.78. The molecule has 3 aliphatic rings. The van der Waals surface area contributed by atoms with E-state index in [0.29, 0.717) is 29.9 Å². The van der Waals surface area contributed by atoms with Crippen LogP contribution in [0.25, 0.3) is 11.1 Å². The van der Waals surface area contributed by atoms with Crippen molar-refractivity contribution in [1.29, 1.82) is 0 Å². The van der Waals surface area contributed by atoms with Gasteiger partial charge in [-0.05, 0) is 56.3 Å². The average molecular weight is 477 g/mol. The molecule has 2 saturated heterocycles. The van der Waals surface area contributed by atoms with Crippen LogP contribution in [0.5, 0.6) is 0 Å². The van der Waals surface area contributed by atoms with Gasteiger partial charge in [-0.1, -0.05) is 0 Å². The van der Waals surface area contributed by atoms with Gasteiger partial charge in [-0.2, -0.15) is 0 Å². The minimum Gasteiger partial charge on any atom is -0.368 e. The second-order valence-corrected chi connectivity index (χ2v) is 10.0. The molecule has 5 rings (SSSR count). The minimum atomic E-state index is -2.67. The maximum absolute atomic E-state index is 14.1. The quantitative estimate of drug-likeness (QED) is 0.623. The highest BCUT2D eigenvalue weighted by atomic mass is 19.3. The molecule has 3 fully saturated rings. The molecule has 9 heteroatoms. The van der Waals surface area contributed by atoms with Gasteiger partial charge in [0.15, 0.2) is 0 Å². The number of carbonyl (C=O) groups is 1. The van der Waals surface area contributed by atoms with E-state index in [2.05, 4.69) is 20.5 Å². The van der Waals surface area contributed by atoms with Crippen molar-refractivity contribution in [1.82, 2.24) is 15.6 Å². The Morgan fingerprint density at radius 2 is 1.91 bits per heavy atom. The summed E-state index contributed by atoms with van der Waals surface area (Å²) in [4.78, 5) is 19.6. The summed E-state index contributed by atoms with van der Waals surface area (Å²) in [5, 5.41) is 6.44. The summed E-state index contributed by atoms with van der Waals surface area (Å²) in [6, 6.07) is 2.82. The van der Waals surface area contributed by atoms with Crippen LogP contribution in [0, 0.1) is 17.6 Å². The minimum absolute atomic E-state index is 0.0493. The predicted octanol–water partition coefficient (Wildman–Crippen LogP) is 4.52. The molecule has 2 N–H and O–H groups in total. The van der Waals surface area contributed by atoms with Crippen LogP contribution >= 0.6 is 0 Å². The summed E-state index contributed by atoms with van der Waals surface area (Å²) < 4.78 is 54.8. The topological polar surface area (TPSA) is 57.3 Å². The zero-order valence-corrected chi connectivity index (χ0v) is 19.0. The number of pyridine rings is 1. The zero-order valence-electron chi connectivity index (χ0n) is 19.0. The van der Waals surface area contributed by atoms with Crippen LogP contribution in [0.4, 0.5) is 23.2 Å². The van der Waals surface area contributed by atoms with Crippen molar-refractivity contribution < 1.29 is 22.4 Å². The van der Waals surface area contributed by atoms with Crippen LogP contribution < -0.4 is 15.5 Å². The number of anilines is 1. The molecule has 5 nitrogen and oxygen atoms in total. The molecule has 1 saturated carbocycles. The van der Waals surface area contributed by atoms with Gasteiger partial charge >= 0.3 is 0 Å². The predicted molar refractivity (Wildman–Crippen MR) is 121 cm³/mol. The molecule has 1 spiro atoms. The average Bonchev–Trinajstić information content (AvgIpc) is 3.40. The second kappa shape index (κ2) is 8.52. The van der Waals surface area contributed by atoms with Gasteiger partial charge in [0.25, 0.3) is 5.91 Å². The molecule has 3 heterocycles. The molecule has 182 valence electrons. The molecule has 1 unspecified atom stereocenters. The van der Waals surface area contributed by atoms with Crippen molar-refractivity contribution >= 4 is 11.6 Å². The van der Waals surface area contributed by atoms with Crippen LogP contribution in [0.15, 0.2) is 30.6 Å². The number of alkyl halides is 2. The first-order chi connectivity index (χ1) is 16.1. The van der Waals surface area contributed by atoms with Gasteiger partial charge < -0.3 is 15.5 Å². The Bertz CT molecular complexity index is 1070. The van der Waals surface area contributed by atoms with Gasteiger partial charge in [0.2, 0.25) is 5.92 Å². The number of hydrogen-bond acceptors (Lipinski definition) is 4. The number of carbonyl (C=O) groups excluding carboxylic acids is 1. The van der Waals surface area contributed by atoms with Gasteiger partial charge in [0.1, 0.15) is 11.6 Å². The Hall–Kier alpha value is -2.68. The van der Waals surface area contributed by atoms with Crippen molar-refractivity contribution in [2.45, 2.75) is 56.5 Å². The molecule has 0 radical (unpaired) electrons. The highest BCUT2D eigenvalue weighted by molar-refractivity contribution is 6.03. The maximum Gasteiger partial charge on any atom is 0.255 e. The van der Waals surface area contributed by atoms with Crippen molar-refractivity contribution in [2.24, 2.45) is 5.92 Å². The van der Waals surface area contributed by atoms with Crippen LogP contribution in [0.1, 0.15) is 49.4 Å². The fourth-order valence-corrected chi connectivity index (χ4v) is 5.62. The number of halogens is 4. The summed E-state index contributed by atoms with van der Waals surface area (Å²) >= 11 is 0. The molecule has 1 amide bonds. The van der Waals surface area contributed by atoms with Gasteiger partial charge in [-0.25, -0.2) is 17.6 Å². The summed E-state index contributed by atoms with van der Waals surface area (Å²) in [5.41, 5.74) is 1.54. The van der Waals surface area contributed by atoms with Crippen molar-refractivity contribution in [3.8, 4) is 11.1 Å². The number of amides is 1. The van der Waals surface area contributed by atoms with Gasteiger partial charge in [-0.15, -0.1) is 0 Å². The number of hydrogen-bond donors (Lipinski definition) is 2. The van der Waals surface area contributed by atoms with Crippen molar-refractivity contribution in [2.75, 3.05) is 24.5 Å². The third-order valence-corrected chi connectivity index (χ3v) is 7.53. The van der Waals surface area contributed by atoms with Crippen LogP contribution in [-0.4, -0.2) is 48.0 Å². The first-order valence-electron chi connectivity index (χ1n) is 11.8. The van der Waals surface area contributed by atoms with Gasteiger partial charge in [-0.3, -0.25) is 9.78 Å². The number of aromatic nitrogens is 1. The smallest absolute Gasteiger partial charge is 0.255 e. The fourth-order valence-electron chi connectivity index (χ4n) is 5.62. The number of benzene rings is 1. The highest BCUT2D eigenvalue weighted by Crippen LogP contribution is 2.44. The lowest BCUT2D eigenvalue weighted by atomic mass is 9.77. The number of nitrogens with zero attached hydrogens (tertiary/aromatic N) is 2. The number of rotatable bonds is 5. The Balaban J connectivity index is 1.50. The van der Waals surface area contributed by atoms with Crippen molar-refractivity contribution in [3.63, 3.8) is 0 Å². The monoisotopic (exact) mass is 476 g/mol. The lowest BCUT2D eigenvalue weighted by Crippen LogP contribution is -2.48. The molecule has 1 aromatic heterocycles. The third kappa shape index (κ3) is 4.37. The molecule has 0 bridgehead atoms.